The highest BCUT2D eigenvalue weighted by atomic mass is 79.9. The van der Waals surface area contributed by atoms with Gasteiger partial charge in [-0.3, -0.25) is 0 Å². The van der Waals surface area contributed by atoms with Gasteiger partial charge >= 0.3 is 0 Å². The zero-order valence-electron chi connectivity index (χ0n) is 11.4. The molecule has 0 amide bonds. The maximum absolute atomic E-state index is 6.45. The van der Waals surface area contributed by atoms with Gasteiger partial charge < -0.3 is 4.74 Å². The molecule has 0 aromatic rings. The van der Waals surface area contributed by atoms with Gasteiger partial charge in [-0.25, -0.2) is 0 Å². The molecule has 1 spiro atoms. The lowest BCUT2D eigenvalue weighted by molar-refractivity contribution is -0.0521. The summed E-state index contributed by atoms with van der Waals surface area (Å²) in [4.78, 5) is 0. The van der Waals surface area contributed by atoms with E-state index in [1.165, 1.54) is 57.8 Å². The monoisotopic (exact) mass is 302 g/mol. The maximum atomic E-state index is 6.45. The molecule has 1 heterocycles. The van der Waals surface area contributed by atoms with E-state index in [4.69, 9.17) is 4.74 Å². The van der Waals surface area contributed by atoms with Crippen LogP contribution in [-0.2, 0) is 4.74 Å². The Morgan fingerprint density at radius 2 is 1.82 bits per heavy atom. The lowest BCUT2D eigenvalue weighted by Gasteiger charge is -2.33. The Hall–Kier alpha value is 0.440. The molecule has 1 saturated heterocycles. The van der Waals surface area contributed by atoms with Crippen LogP contribution in [-0.4, -0.2) is 17.0 Å². The van der Waals surface area contributed by atoms with Crippen LogP contribution in [0.1, 0.15) is 71.6 Å². The van der Waals surface area contributed by atoms with E-state index in [9.17, 15) is 0 Å². The lowest BCUT2D eigenvalue weighted by Crippen LogP contribution is -2.30. The molecule has 1 saturated carbocycles. The Balaban J connectivity index is 1.92. The molecule has 0 bridgehead atoms. The van der Waals surface area contributed by atoms with Crippen molar-refractivity contribution in [3.05, 3.63) is 0 Å². The number of alkyl halides is 1. The molecule has 1 nitrogen and oxygen atoms in total. The highest BCUT2D eigenvalue weighted by Crippen LogP contribution is 2.47. The maximum Gasteiger partial charge on any atom is 0.0687 e. The van der Waals surface area contributed by atoms with Crippen molar-refractivity contribution >= 4 is 15.9 Å². The molecule has 2 heteroatoms. The molecule has 0 N–H and O–H groups in total. The molecule has 2 rings (SSSR count). The van der Waals surface area contributed by atoms with Crippen LogP contribution < -0.4 is 0 Å². The summed E-state index contributed by atoms with van der Waals surface area (Å²) in [7, 11) is 0. The second kappa shape index (κ2) is 5.61. The zero-order valence-corrected chi connectivity index (χ0v) is 13.0. The first kappa shape index (κ1) is 13.9. The first-order chi connectivity index (χ1) is 8.17. The molecule has 1 atom stereocenters. The first-order valence-corrected chi connectivity index (χ1v) is 8.53. The van der Waals surface area contributed by atoms with E-state index in [0.29, 0.717) is 17.1 Å². The highest BCUT2D eigenvalue weighted by molar-refractivity contribution is 9.09. The van der Waals surface area contributed by atoms with Crippen LogP contribution in [0.25, 0.3) is 0 Å². The normalized spacial score (nSPS) is 28.1. The highest BCUT2D eigenvalue weighted by Gasteiger charge is 2.44. The summed E-state index contributed by atoms with van der Waals surface area (Å²) < 4.78 is 6.45. The largest absolute Gasteiger partial charge is 0.372 e. The fraction of sp³-hybridized carbons (Fsp3) is 1.00. The molecule has 100 valence electrons. The minimum atomic E-state index is 0.310. The summed E-state index contributed by atoms with van der Waals surface area (Å²) in [5, 5.41) is 1.12. The van der Waals surface area contributed by atoms with Gasteiger partial charge in [0.15, 0.2) is 0 Å². The summed E-state index contributed by atoms with van der Waals surface area (Å²) in [5.41, 5.74) is 0.777. The number of hydrogen-bond acceptors (Lipinski definition) is 1. The van der Waals surface area contributed by atoms with Crippen molar-refractivity contribution < 1.29 is 4.74 Å². The average molecular weight is 303 g/mol. The molecule has 2 aliphatic rings. The van der Waals surface area contributed by atoms with E-state index < -0.39 is 0 Å². The van der Waals surface area contributed by atoms with Crippen molar-refractivity contribution in [3.63, 3.8) is 0 Å². The molecule has 0 aromatic heterocycles. The summed E-state index contributed by atoms with van der Waals surface area (Å²) >= 11 is 3.72. The van der Waals surface area contributed by atoms with Crippen LogP contribution in [0, 0.1) is 5.41 Å². The van der Waals surface area contributed by atoms with Crippen molar-refractivity contribution in [2.45, 2.75) is 83.3 Å². The van der Waals surface area contributed by atoms with E-state index in [2.05, 4.69) is 29.8 Å². The molecule has 1 aliphatic carbocycles. The quantitative estimate of drug-likeness (QED) is 0.644. The molecule has 1 unspecified atom stereocenters. The molecule has 1 aliphatic heterocycles. The first-order valence-electron chi connectivity index (χ1n) is 7.41. The third-order valence-corrected chi connectivity index (χ3v) is 6.49. The second-order valence-electron chi connectivity index (χ2n) is 6.21. The molecule has 2 fully saturated rings. The van der Waals surface area contributed by atoms with E-state index >= 15 is 0 Å². The smallest absolute Gasteiger partial charge is 0.0687 e. The number of halogens is 1. The molecule has 0 aromatic carbocycles. The average Bonchev–Trinajstić information content (AvgIpc) is 2.98. The second-order valence-corrected chi connectivity index (χ2v) is 6.77. The summed E-state index contributed by atoms with van der Waals surface area (Å²) in [6.45, 7) is 4.65. The topological polar surface area (TPSA) is 9.23 Å². The van der Waals surface area contributed by atoms with Gasteiger partial charge in [0.1, 0.15) is 0 Å². The third kappa shape index (κ3) is 2.89. The molecule has 17 heavy (non-hydrogen) atoms. The van der Waals surface area contributed by atoms with Crippen LogP contribution in [0.5, 0.6) is 0 Å². The van der Waals surface area contributed by atoms with Gasteiger partial charge in [0.25, 0.3) is 0 Å². The van der Waals surface area contributed by atoms with Gasteiger partial charge in [0, 0.05) is 5.33 Å². The van der Waals surface area contributed by atoms with Crippen molar-refractivity contribution in [1.29, 1.82) is 0 Å². The Labute approximate surface area is 115 Å². The lowest BCUT2D eigenvalue weighted by atomic mass is 9.79. The predicted molar refractivity (Wildman–Crippen MR) is 76.7 cm³/mol. The Morgan fingerprint density at radius 1 is 1.18 bits per heavy atom. The van der Waals surface area contributed by atoms with Crippen LogP contribution in [0.4, 0.5) is 0 Å². The fourth-order valence-corrected chi connectivity index (χ4v) is 4.71. The van der Waals surface area contributed by atoms with Crippen LogP contribution in [0.2, 0.25) is 0 Å². The Morgan fingerprint density at radius 3 is 2.35 bits per heavy atom. The summed E-state index contributed by atoms with van der Waals surface area (Å²) in [6.07, 6.45) is 12.4. The Bertz CT molecular complexity index is 233. The summed E-state index contributed by atoms with van der Waals surface area (Å²) in [5.74, 6) is 0. The minimum absolute atomic E-state index is 0.310. The van der Waals surface area contributed by atoms with Crippen molar-refractivity contribution in [2.24, 2.45) is 5.41 Å². The van der Waals surface area contributed by atoms with Gasteiger partial charge in [0.2, 0.25) is 0 Å². The van der Waals surface area contributed by atoms with Gasteiger partial charge in [-0.15, -0.1) is 0 Å². The molecular weight excluding hydrogens is 276 g/mol. The van der Waals surface area contributed by atoms with Gasteiger partial charge in [-0.05, 0) is 50.4 Å². The van der Waals surface area contributed by atoms with E-state index in [1.54, 1.807) is 0 Å². The minimum Gasteiger partial charge on any atom is -0.372 e. The summed E-state index contributed by atoms with van der Waals surface area (Å²) in [6, 6.07) is 0. The van der Waals surface area contributed by atoms with E-state index in [1.807, 2.05) is 0 Å². The number of rotatable bonds is 5. The molecule has 0 radical (unpaired) electrons. The van der Waals surface area contributed by atoms with E-state index in [-0.39, 0.29) is 0 Å². The van der Waals surface area contributed by atoms with Crippen LogP contribution >= 0.6 is 15.9 Å². The van der Waals surface area contributed by atoms with Gasteiger partial charge in [-0.1, -0.05) is 42.6 Å². The third-order valence-electron chi connectivity index (χ3n) is 5.30. The van der Waals surface area contributed by atoms with Gasteiger partial charge in [0.05, 0.1) is 11.7 Å². The van der Waals surface area contributed by atoms with Gasteiger partial charge in [-0.2, -0.15) is 0 Å². The Kier molecular flexibility index (Phi) is 4.57. The SMILES string of the molecule is CCC(CC)(CBr)CC1CCC2(CCCC2)O1. The fourth-order valence-electron chi connectivity index (χ4n) is 3.69. The van der Waals surface area contributed by atoms with Crippen molar-refractivity contribution in [2.75, 3.05) is 5.33 Å². The number of hydrogen-bond donors (Lipinski definition) is 0. The van der Waals surface area contributed by atoms with Crippen LogP contribution in [0.3, 0.4) is 0 Å². The zero-order chi connectivity index (χ0) is 12.4. The predicted octanol–water partition coefficient (Wildman–Crippen LogP) is 5.07. The van der Waals surface area contributed by atoms with Crippen molar-refractivity contribution in [3.8, 4) is 0 Å². The molecular formula is C15H27BrO. The number of ether oxygens (including phenoxy) is 1. The van der Waals surface area contributed by atoms with Crippen LogP contribution in [0.15, 0.2) is 0 Å². The van der Waals surface area contributed by atoms with Crippen molar-refractivity contribution in [1.82, 2.24) is 0 Å². The van der Waals surface area contributed by atoms with E-state index in [0.717, 1.165) is 5.33 Å². The standard InChI is InChI=1S/C15H27BrO/c1-3-14(4-2,12-16)11-13-7-10-15(17-13)8-5-6-9-15/h13H,3-12H2,1-2H3.